The molecule has 3 heteroatoms. The third-order valence-electron chi connectivity index (χ3n) is 2.08. The molecule has 0 aromatic heterocycles. The molecule has 1 aliphatic heterocycles. The normalized spacial score (nSPS) is 23.8. The lowest BCUT2D eigenvalue weighted by Crippen LogP contribution is -2.49. The van der Waals surface area contributed by atoms with Gasteiger partial charge in [0.25, 0.3) is 0 Å². The lowest BCUT2D eigenvalue weighted by molar-refractivity contribution is -0.252. The fourth-order valence-electron chi connectivity index (χ4n) is 1.21. The minimum atomic E-state index is -0.393. The molecule has 1 rings (SSSR count). The zero-order valence-corrected chi connectivity index (χ0v) is 9.09. The molecule has 0 amide bonds. The number of hydrogen-bond acceptors (Lipinski definition) is 3. The molecular weight excluding hydrogens is 166 g/mol. The quantitative estimate of drug-likeness (QED) is 0.724. The molecule has 0 atom stereocenters. The second-order valence-electron chi connectivity index (χ2n) is 4.52. The summed E-state index contributed by atoms with van der Waals surface area (Å²) in [6, 6.07) is 0.357. The van der Waals surface area contributed by atoms with Gasteiger partial charge in [-0.1, -0.05) is 13.8 Å². The molecule has 1 saturated heterocycles. The van der Waals surface area contributed by atoms with Crippen LogP contribution >= 0.6 is 0 Å². The van der Waals surface area contributed by atoms with Gasteiger partial charge >= 0.3 is 0 Å². The Morgan fingerprint density at radius 1 is 1.31 bits per heavy atom. The number of nitrogens with one attached hydrogen (secondary N) is 1. The van der Waals surface area contributed by atoms with Gasteiger partial charge in [-0.15, -0.1) is 0 Å². The van der Waals surface area contributed by atoms with E-state index in [1.54, 1.807) is 0 Å². The van der Waals surface area contributed by atoms with E-state index in [1.807, 2.05) is 13.8 Å². The van der Waals surface area contributed by atoms with Crippen LogP contribution in [0.25, 0.3) is 0 Å². The van der Waals surface area contributed by atoms with Crippen LogP contribution in [0, 0.1) is 5.92 Å². The van der Waals surface area contributed by atoms with Gasteiger partial charge in [0.05, 0.1) is 19.3 Å². The first-order valence-electron chi connectivity index (χ1n) is 5.01. The molecule has 0 saturated carbocycles. The molecule has 0 aliphatic carbocycles. The summed E-state index contributed by atoms with van der Waals surface area (Å²) in [4.78, 5) is 0. The van der Waals surface area contributed by atoms with E-state index in [0.717, 1.165) is 19.8 Å². The Bertz CT molecular complexity index is 144. The minimum absolute atomic E-state index is 0.357. The molecule has 1 heterocycles. The van der Waals surface area contributed by atoms with Gasteiger partial charge in [-0.2, -0.15) is 0 Å². The molecule has 3 nitrogen and oxygen atoms in total. The number of hydrogen-bond donors (Lipinski definition) is 1. The van der Waals surface area contributed by atoms with Crippen LogP contribution in [-0.2, 0) is 9.47 Å². The summed E-state index contributed by atoms with van der Waals surface area (Å²) in [5.41, 5.74) is 0. The molecule has 0 aromatic rings. The molecule has 1 fully saturated rings. The van der Waals surface area contributed by atoms with Crippen LogP contribution < -0.4 is 5.32 Å². The molecule has 0 radical (unpaired) electrons. The summed E-state index contributed by atoms with van der Waals surface area (Å²) >= 11 is 0. The van der Waals surface area contributed by atoms with E-state index in [-0.39, 0.29) is 0 Å². The zero-order chi connectivity index (χ0) is 9.90. The average Bonchev–Trinajstić information content (AvgIpc) is 2.02. The molecule has 1 aliphatic rings. The topological polar surface area (TPSA) is 30.5 Å². The van der Waals surface area contributed by atoms with Crippen molar-refractivity contribution in [1.29, 1.82) is 0 Å². The second-order valence-corrected chi connectivity index (χ2v) is 4.52. The first-order valence-corrected chi connectivity index (χ1v) is 5.01. The summed E-state index contributed by atoms with van der Waals surface area (Å²) < 4.78 is 11.1. The van der Waals surface area contributed by atoms with E-state index in [4.69, 9.17) is 9.47 Å². The van der Waals surface area contributed by atoms with Crippen molar-refractivity contribution in [2.24, 2.45) is 5.92 Å². The minimum Gasteiger partial charge on any atom is -0.349 e. The maximum absolute atomic E-state index is 5.53. The highest BCUT2D eigenvalue weighted by Crippen LogP contribution is 2.16. The van der Waals surface area contributed by atoms with Crippen LogP contribution in [0.3, 0.4) is 0 Å². The van der Waals surface area contributed by atoms with E-state index in [1.165, 1.54) is 0 Å². The van der Waals surface area contributed by atoms with Gasteiger partial charge in [0.1, 0.15) is 0 Å². The van der Waals surface area contributed by atoms with E-state index in [2.05, 4.69) is 19.2 Å². The average molecular weight is 187 g/mol. The summed E-state index contributed by atoms with van der Waals surface area (Å²) in [6.07, 6.45) is 0. The maximum atomic E-state index is 5.53. The van der Waals surface area contributed by atoms with E-state index >= 15 is 0 Å². The van der Waals surface area contributed by atoms with Crippen molar-refractivity contribution >= 4 is 0 Å². The Labute approximate surface area is 80.8 Å². The highest BCUT2D eigenvalue weighted by Gasteiger charge is 2.27. The van der Waals surface area contributed by atoms with Gasteiger partial charge in [0, 0.05) is 0 Å². The SMILES string of the molecule is CC(C)CNC1COC(C)(C)OC1. The standard InChI is InChI=1S/C10H21NO2/c1-8(2)5-11-9-6-12-10(3,4)13-7-9/h8-9,11H,5-7H2,1-4H3. The lowest BCUT2D eigenvalue weighted by atomic mass is 10.2. The molecule has 0 unspecified atom stereocenters. The molecule has 78 valence electrons. The predicted molar refractivity (Wildman–Crippen MR) is 52.6 cm³/mol. The summed E-state index contributed by atoms with van der Waals surface area (Å²) in [7, 11) is 0. The van der Waals surface area contributed by atoms with Crippen molar-refractivity contribution in [3.8, 4) is 0 Å². The first kappa shape index (κ1) is 11.0. The molecule has 0 aromatic carbocycles. The van der Waals surface area contributed by atoms with Gasteiger partial charge in [-0.25, -0.2) is 0 Å². The van der Waals surface area contributed by atoms with Gasteiger partial charge in [0.2, 0.25) is 0 Å². The number of ether oxygens (including phenoxy) is 2. The summed E-state index contributed by atoms with van der Waals surface area (Å²) in [5, 5.41) is 3.41. The Kier molecular flexibility index (Phi) is 3.71. The van der Waals surface area contributed by atoms with Crippen LogP contribution in [-0.4, -0.2) is 31.6 Å². The Hall–Kier alpha value is -0.120. The fourth-order valence-corrected chi connectivity index (χ4v) is 1.21. The van der Waals surface area contributed by atoms with Gasteiger partial charge in [-0.05, 0) is 26.3 Å². The third kappa shape index (κ3) is 4.07. The first-order chi connectivity index (χ1) is 5.99. The third-order valence-corrected chi connectivity index (χ3v) is 2.08. The fraction of sp³-hybridized carbons (Fsp3) is 1.00. The smallest absolute Gasteiger partial charge is 0.162 e. The van der Waals surface area contributed by atoms with Crippen molar-refractivity contribution in [2.45, 2.75) is 39.5 Å². The van der Waals surface area contributed by atoms with Gasteiger partial charge in [0.15, 0.2) is 5.79 Å². The van der Waals surface area contributed by atoms with Crippen molar-refractivity contribution in [3.63, 3.8) is 0 Å². The van der Waals surface area contributed by atoms with Crippen molar-refractivity contribution in [2.75, 3.05) is 19.8 Å². The highest BCUT2D eigenvalue weighted by molar-refractivity contribution is 4.73. The van der Waals surface area contributed by atoms with Crippen molar-refractivity contribution < 1.29 is 9.47 Å². The molecular formula is C10H21NO2. The summed E-state index contributed by atoms with van der Waals surface area (Å²) in [6.45, 7) is 10.8. The highest BCUT2D eigenvalue weighted by atomic mass is 16.7. The van der Waals surface area contributed by atoms with Crippen LogP contribution in [0.1, 0.15) is 27.7 Å². The number of rotatable bonds is 3. The largest absolute Gasteiger partial charge is 0.349 e. The van der Waals surface area contributed by atoms with Crippen LogP contribution in [0.5, 0.6) is 0 Å². The second kappa shape index (κ2) is 4.40. The van der Waals surface area contributed by atoms with Crippen molar-refractivity contribution in [1.82, 2.24) is 5.32 Å². The monoisotopic (exact) mass is 187 g/mol. The summed E-state index contributed by atoms with van der Waals surface area (Å²) in [5.74, 6) is 0.283. The zero-order valence-electron chi connectivity index (χ0n) is 9.09. The Morgan fingerprint density at radius 2 is 1.85 bits per heavy atom. The van der Waals surface area contributed by atoms with E-state index < -0.39 is 5.79 Å². The molecule has 0 bridgehead atoms. The van der Waals surface area contributed by atoms with Gasteiger partial charge < -0.3 is 14.8 Å². The van der Waals surface area contributed by atoms with E-state index in [0.29, 0.717) is 12.0 Å². The molecule has 13 heavy (non-hydrogen) atoms. The Balaban J connectivity index is 2.18. The molecule has 0 spiro atoms. The molecule has 1 N–H and O–H groups in total. The lowest BCUT2D eigenvalue weighted by Gasteiger charge is -2.35. The Morgan fingerprint density at radius 3 is 2.31 bits per heavy atom. The van der Waals surface area contributed by atoms with Crippen LogP contribution in [0.2, 0.25) is 0 Å². The predicted octanol–water partition coefficient (Wildman–Crippen LogP) is 1.38. The van der Waals surface area contributed by atoms with E-state index in [9.17, 15) is 0 Å². The van der Waals surface area contributed by atoms with Crippen molar-refractivity contribution in [3.05, 3.63) is 0 Å². The maximum Gasteiger partial charge on any atom is 0.162 e. The van der Waals surface area contributed by atoms with Crippen LogP contribution in [0.15, 0.2) is 0 Å². The van der Waals surface area contributed by atoms with Crippen LogP contribution in [0.4, 0.5) is 0 Å². The van der Waals surface area contributed by atoms with Gasteiger partial charge in [-0.3, -0.25) is 0 Å².